The Labute approximate surface area is 139 Å². The van der Waals surface area contributed by atoms with Crippen LogP contribution in [0.1, 0.15) is 20.7 Å². The van der Waals surface area contributed by atoms with E-state index in [0.717, 1.165) is 0 Å². The Morgan fingerprint density at radius 1 is 0.667 bits per heavy atom. The molecule has 0 saturated carbocycles. The standard InChI is InChI=1S/C20H14O4/c21-19(22)17-12-6-4-10-15(17)16-11-5-7-13-18(16)20(23)24-14-8-2-1-3-9-14/h1-13H,(H,21,22)/p-1. The second-order valence-corrected chi connectivity index (χ2v) is 5.08. The fourth-order valence-corrected chi connectivity index (χ4v) is 2.44. The summed E-state index contributed by atoms with van der Waals surface area (Å²) in [6.45, 7) is 0. The molecule has 0 heterocycles. The summed E-state index contributed by atoms with van der Waals surface area (Å²) in [5.41, 5.74) is 1.21. The van der Waals surface area contributed by atoms with Crippen molar-refractivity contribution in [2.24, 2.45) is 0 Å². The summed E-state index contributed by atoms with van der Waals surface area (Å²) >= 11 is 0. The van der Waals surface area contributed by atoms with Gasteiger partial charge in [-0.2, -0.15) is 0 Å². The van der Waals surface area contributed by atoms with Crippen LogP contribution in [-0.4, -0.2) is 11.9 Å². The lowest BCUT2D eigenvalue weighted by molar-refractivity contribution is -0.254. The molecule has 118 valence electrons. The molecule has 24 heavy (non-hydrogen) atoms. The molecule has 4 nitrogen and oxygen atoms in total. The number of hydrogen-bond donors (Lipinski definition) is 0. The zero-order valence-corrected chi connectivity index (χ0v) is 12.6. The maximum absolute atomic E-state index is 12.5. The largest absolute Gasteiger partial charge is 0.545 e. The van der Waals surface area contributed by atoms with Gasteiger partial charge in [0.15, 0.2) is 0 Å². The molecule has 0 unspecified atom stereocenters. The lowest BCUT2D eigenvalue weighted by Crippen LogP contribution is -2.23. The van der Waals surface area contributed by atoms with Crippen LogP contribution in [-0.2, 0) is 0 Å². The van der Waals surface area contributed by atoms with E-state index in [1.54, 1.807) is 66.7 Å². The van der Waals surface area contributed by atoms with Crippen LogP contribution in [0.3, 0.4) is 0 Å². The van der Waals surface area contributed by atoms with Gasteiger partial charge in [-0.15, -0.1) is 0 Å². The first-order valence-electron chi connectivity index (χ1n) is 7.34. The number of para-hydroxylation sites is 1. The van der Waals surface area contributed by atoms with E-state index in [4.69, 9.17) is 4.74 Å². The minimum absolute atomic E-state index is 0.0254. The molecule has 0 aliphatic heterocycles. The third-order valence-corrected chi connectivity index (χ3v) is 3.54. The summed E-state index contributed by atoms with van der Waals surface area (Å²) in [5, 5.41) is 11.3. The number of carbonyl (C=O) groups excluding carboxylic acids is 2. The number of aromatic carboxylic acids is 1. The minimum atomic E-state index is -1.29. The molecule has 0 radical (unpaired) electrons. The highest BCUT2D eigenvalue weighted by Gasteiger charge is 2.16. The second kappa shape index (κ2) is 6.79. The third kappa shape index (κ3) is 3.17. The van der Waals surface area contributed by atoms with Crippen molar-refractivity contribution in [2.75, 3.05) is 0 Å². The number of esters is 1. The lowest BCUT2D eigenvalue weighted by Gasteiger charge is -2.14. The highest BCUT2D eigenvalue weighted by molar-refractivity contribution is 6.02. The smallest absolute Gasteiger partial charge is 0.344 e. The molecular weight excluding hydrogens is 304 g/mol. The number of benzene rings is 3. The molecule has 0 aliphatic carbocycles. The Kier molecular flexibility index (Phi) is 4.38. The highest BCUT2D eigenvalue weighted by atomic mass is 16.5. The number of carbonyl (C=O) groups is 2. The van der Waals surface area contributed by atoms with E-state index in [9.17, 15) is 14.7 Å². The SMILES string of the molecule is O=C([O-])c1ccccc1-c1ccccc1C(=O)Oc1ccccc1. The molecule has 0 fully saturated rings. The van der Waals surface area contributed by atoms with Gasteiger partial charge in [-0.3, -0.25) is 0 Å². The molecule has 0 bridgehead atoms. The number of carboxylic acid groups (broad SMARTS) is 1. The van der Waals surface area contributed by atoms with Crippen LogP contribution < -0.4 is 9.84 Å². The Bertz CT molecular complexity index is 885. The van der Waals surface area contributed by atoms with Gasteiger partial charge in [0.05, 0.1) is 11.5 Å². The topological polar surface area (TPSA) is 66.4 Å². The third-order valence-electron chi connectivity index (χ3n) is 3.54. The fourth-order valence-electron chi connectivity index (χ4n) is 2.44. The van der Waals surface area contributed by atoms with Crippen molar-refractivity contribution in [3.63, 3.8) is 0 Å². The van der Waals surface area contributed by atoms with Gasteiger partial charge in [-0.25, -0.2) is 4.79 Å². The molecule has 0 N–H and O–H groups in total. The van der Waals surface area contributed by atoms with Crippen molar-refractivity contribution in [3.8, 4) is 16.9 Å². The normalized spacial score (nSPS) is 10.2. The minimum Gasteiger partial charge on any atom is -0.545 e. The Balaban J connectivity index is 2.03. The van der Waals surface area contributed by atoms with Crippen LogP contribution in [0.2, 0.25) is 0 Å². The van der Waals surface area contributed by atoms with Gasteiger partial charge >= 0.3 is 5.97 Å². The van der Waals surface area contributed by atoms with Gasteiger partial charge in [0.25, 0.3) is 0 Å². The quantitative estimate of drug-likeness (QED) is 0.548. The first kappa shape index (κ1) is 15.5. The summed E-state index contributed by atoms with van der Waals surface area (Å²) in [4.78, 5) is 23.8. The molecule has 0 spiro atoms. The molecule has 4 heteroatoms. The Hall–Kier alpha value is -3.40. The van der Waals surface area contributed by atoms with Crippen molar-refractivity contribution < 1.29 is 19.4 Å². The molecule has 0 aliphatic rings. The first-order chi connectivity index (χ1) is 11.7. The van der Waals surface area contributed by atoms with Gasteiger partial charge in [-0.05, 0) is 29.3 Å². The molecule has 3 aromatic carbocycles. The first-order valence-corrected chi connectivity index (χ1v) is 7.34. The summed E-state index contributed by atoms with van der Waals surface area (Å²) < 4.78 is 5.36. The Morgan fingerprint density at radius 3 is 1.79 bits per heavy atom. The molecule has 3 aromatic rings. The maximum Gasteiger partial charge on any atom is 0.344 e. The van der Waals surface area contributed by atoms with Gasteiger partial charge in [-0.1, -0.05) is 60.7 Å². The van der Waals surface area contributed by atoms with E-state index in [2.05, 4.69) is 0 Å². The van der Waals surface area contributed by atoms with Crippen LogP contribution in [0.5, 0.6) is 5.75 Å². The fraction of sp³-hybridized carbons (Fsp3) is 0. The van der Waals surface area contributed by atoms with E-state index in [1.165, 1.54) is 6.07 Å². The van der Waals surface area contributed by atoms with Crippen molar-refractivity contribution in [1.29, 1.82) is 0 Å². The van der Waals surface area contributed by atoms with Crippen LogP contribution in [0.4, 0.5) is 0 Å². The van der Waals surface area contributed by atoms with Crippen molar-refractivity contribution in [2.45, 2.75) is 0 Å². The average molecular weight is 317 g/mol. The van der Waals surface area contributed by atoms with Gasteiger partial charge in [0.1, 0.15) is 5.75 Å². The van der Waals surface area contributed by atoms with E-state index in [-0.39, 0.29) is 11.1 Å². The second-order valence-electron chi connectivity index (χ2n) is 5.08. The lowest BCUT2D eigenvalue weighted by atomic mass is 9.95. The number of carboxylic acids is 1. The molecule has 0 amide bonds. The van der Waals surface area contributed by atoms with E-state index in [1.807, 2.05) is 6.07 Å². The monoisotopic (exact) mass is 317 g/mol. The predicted octanol–water partition coefficient (Wildman–Crippen LogP) is 2.94. The molecule has 3 rings (SSSR count). The van der Waals surface area contributed by atoms with E-state index < -0.39 is 11.9 Å². The average Bonchev–Trinajstić information content (AvgIpc) is 2.62. The van der Waals surface area contributed by atoms with Gasteiger partial charge in [0, 0.05) is 5.56 Å². The zero-order valence-electron chi connectivity index (χ0n) is 12.6. The van der Waals surface area contributed by atoms with Gasteiger partial charge in [0.2, 0.25) is 0 Å². The van der Waals surface area contributed by atoms with Crippen LogP contribution in [0.15, 0.2) is 78.9 Å². The molecular formula is C20H13O4-. The maximum atomic E-state index is 12.5. The van der Waals surface area contributed by atoms with Crippen LogP contribution >= 0.6 is 0 Å². The number of hydrogen-bond acceptors (Lipinski definition) is 4. The van der Waals surface area contributed by atoms with Gasteiger partial charge < -0.3 is 14.6 Å². The van der Waals surface area contributed by atoms with Crippen molar-refractivity contribution in [3.05, 3.63) is 90.0 Å². The highest BCUT2D eigenvalue weighted by Crippen LogP contribution is 2.28. The summed E-state index contributed by atoms with van der Waals surface area (Å²) in [6.07, 6.45) is 0. The molecule has 0 saturated heterocycles. The number of ether oxygens (including phenoxy) is 1. The summed E-state index contributed by atoms with van der Waals surface area (Å²) in [5.74, 6) is -1.42. The number of rotatable bonds is 4. The van der Waals surface area contributed by atoms with E-state index >= 15 is 0 Å². The van der Waals surface area contributed by atoms with Crippen LogP contribution in [0, 0.1) is 0 Å². The summed E-state index contributed by atoms with van der Waals surface area (Å²) in [7, 11) is 0. The predicted molar refractivity (Wildman–Crippen MR) is 87.6 cm³/mol. The molecule has 0 atom stereocenters. The van der Waals surface area contributed by atoms with Crippen molar-refractivity contribution in [1.82, 2.24) is 0 Å². The zero-order chi connectivity index (χ0) is 16.9. The van der Waals surface area contributed by atoms with E-state index in [0.29, 0.717) is 16.9 Å². The Morgan fingerprint density at radius 2 is 1.17 bits per heavy atom. The summed E-state index contributed by atoms with van der Waals surface area (Å²) in [6, 6.07) is 21.8. The van der Waals surface area contributed by atoms with Crippen molar-refractivity contribution >= 4 is 11.9 Å². The molecule has 0 aromatic heterocycles. The van der Waals surface area contributed by atoms with Crippen LogP contribution in [0.25, 0.3) is 11.1 Å².